The van der Waals surface area contributed by atoms with E-state index in [0.717, 1.165) is 24.8 Å². The van der Waals surface area contributed by atoms with Gasteiger partial charge in [-0.1, -0.05) is 36.3 Å². The minimum Gasteiger partial charge on any atom is -0.354 e. The number of alkyl halides is 3. The number of thioether (sulfide) groups is 1. The van der Waals surface area contributed by atoms with Crippen molar-refractivity contribution in [3.8, 4) is 11.8 Å². The third-order valence-corrected chi connectivity index (χ3v) is 8.72. The fourth-order valence-electron chi connectivity index (χ4n) is 3.90. The molecule has 194 valence electrons. The quantitative estimate of drug-likeness (QED) is 0.241. The summed E-state index contributed by atoms with van der Waals surface area (Å²) in [6.07, 6.45) is -1.26. The molecule has 0 saturated heterocycles. The summed E-state index contributed by atoms with van der Waals surface area (Å²) < 4.78 is 77.0. The van der Waals surface area contributed by atoms with Gasteiger partial charge < -0.3 is 4.74 Å². The molecule has 1 unspecified atom stereocenters. The average molecular weight is 546 g/mol. The van der Waals surface area contributed by atoms with Crippen LogP contribution in [0.3, 0.4) is 0 Å². The first-order valence-electron chi connectivity index (χ1n) is 11.6. The minimum atomic E-state index is -4.90. The van der Waals surface area contributed by atoms with Crippen LogP contribution in [0, 0.1) is 17.8 Å². The molecule has 0 bridgehead atoms. The van der Waals surface area contributed by atoms with Crippen molar-refractivity contribution in [2.24, 2.45) is 5.92 Å². The van der Waals surface area contributed by atoms with Crippen LogP contribution in [0.15, 0.2) is 88.7 Å². The summed E-state index contributed by atoms with van der Waals surface area (Å²) in [5.41, 5.74) is -2.72. The Kier molecular flexibility index (Phi) is 7.93. The normalized spacial score (nSPS) is 15.4. The van der Waals surface area contributed by atoms with Crippen molar-refractivity contribution in [3.05, 3.63) is 90.0 Å². The Labute approximate surface area is 219 Å². The van der Waals surface area contributed by atoms with Crippen LogP contribution >= 0.6 is 11.8 Å². The maximum absolute atomic E-state index is 14.6. The number of anilines is 1. The van der Waals surface area contributed by atoms with E-state index in [4.69, 9.17) is 4.74 Å². The van der Waals surface area contributed by atoms with E-state index in [1.165, 1.54) is 52.5 Å². The zero-order valence-corrected chi connectivity index (χ0v) is 22.0. The standard InChI is InChI=1S/C28H26F3NO3S2/c1-35-27(28(29,30)31,18-17-21-13-15-25(36-2)16-14-21)23-7-6-8-24(19-23)32(20-22-11-12-22)37(33,34)26-9-4-3-5-10-26/h3-10,13-16,19,22H,11-12,20H2,1-2H3. The Morgan fingerprint density at radius 1 is 1.00 bits per heavy atom. The van der Waals surface area contributed by atoms with Gasteiger partial charge in [0.05, 0.1) is 10.6 Å². The highest BCUT2D eigenvalue weighted by Gasteiger charge is 2.56. The molecule has 0 aliphatic heterocycles. The lowest BCUT2D eigenvalue weighted by molar-refractivity contribution is -0.250. The third-order valence-electron chi connectivity index (χ3n) is 6.17. The van der Waals surface area contributed by atoms with Crippen LogP contribution in [-0.2, 0) is 20.4 Å². The molecule has 1 aliphatic rings. The minimum absolute atomic E-state index is 0.0726. The summed E-state index contributed by atoms with van der Waals surface area (Å²) in [7, 11) is -3.05. The van der Waals surface area contributed by atoms with E-state index in [0.29, 0.717) is 5.56 Å². The Morgan fingerprint density at radius 3 is 2.24 bits per heavy atom. The lowest BCUT2D eigenvalue weighted by Crippen LogP contribution is -2.43. The van der Waals surface area contributed by atoms with Gasteiger partial charge in [0.1, 0.15) is 0 Å². The molecular formula is C28H26F3NO3S2. The number of hydrogen-bond acceptors (Lipinski definition) is 4. The third kappa shape index (κ3) is 5.82. The highest BCUT2D eigenvalue weighted by atomic mass is 32.2. The Bertz CT molecular complexity index is 1390. The number of hydrogen-bond donors (Lipinski definition) is 0. The van der Waals surface area contributed by atoms with Crippen molar-refractivity contribution in [2.45, 2.75) is 34.4 Å². The summed E-state index contributed by atoms with van der Waals surface area (Å²) in [6.45, 7) is 0.181. The van der Waals surface area contributed by atoms with Gasteiger partial charge in [-0.3, -0.25) is 4.31 Å². The number of nitrogens with zero attached hydrogens (tertiary/aromatic N) is 1. The predicted molar refractivity (Wildman–Crippen MR) is 140 cm³/mol. The van der Waals surface area contributed by atoms with Crippen molar-refractivity contribution in [3.63, 3.8) is 0 Å². The molecule has 3 aromatic rings. The van der Waals surface area contributed by atoms with Gasteiger partial charge in [0.15, 0.2) is 0 Å². The van der Waals surface area contributed by atoms with E-state index in [1.54, 1.807) is 42.5 Å². The monoisotopic (exact) mass is 545 g/mol. The van der Waals surface area contributed by atoms with E-state index in [-0.39, 0.29) is 28.6 Å². The first kappa shape index (κ1) is 27.1. The summed E-state index contributed by atoms with van der Waals surface area (Å²) in [5.74, 6) is 5.07. The Balaban J connectivity index is 1.81. The maximum Gasteiger partial charge on any atom is 0.433 e. The molecular weight excluding hydrogens is 519 g/mol. The summed E-state index contributed by atoms with van der Waals surface area (Å²) in [4.78, 5) is 1.03. The molecule has 37 heavy (non-hydrogen) atoms. The van der Waals surface area contributed by atoms with Crippen molar-refractivity contribution in [2.75, 3.05) is 24.2 Å². The molecule has 4 nitrogen and oxygen atoms in total. The Hall–Kier alpha value is -2.93. The Morgan fingerprint density at radius 2 is 1.68 bits per heavy atom. The van der Waals surface area contributed by atoms with Crippen molar-refractivity contribution < 1.29 is 26.3 Å². The molecule has 0 heterocycles. The van der Waals surface area contributed by atoms with Crippen molar-refractivity contribution in [1.29, 1.82) is 0 Å². The molecule has 4 rings (SSSR count). The second kappa shape index (κ2) is 10.8. The summed E-state index contributed by atoms with van der Waals surface area (Å²) in [5, 5.41) is 0. The zero-order valence-electron chi connectivity index (χ0n) is 20.3. The topological polar surface area (TPSA) is 46.6 Å². The second-order valence-electron chi connectivity index (χ2n) is 8.70. The van der Waals surface area contributed by atoms with Gasteiger partial charge in [0, 0.05) is 29.7 Å². The maximum atomic E-state index is 14.6. The molecule has 1 aliphatic carbocycles. The second-order valence-corrected chi connectivity index (χ2v) is 11.4. The SMILES string of the molecule is COC(C#Cc1ccc(SC)cc1)(c1cccc(N(CC2CC2)S(=O)(=O)c2ccccc2)c1)C(F)(F)F. The van der Waals surface area contributed by atoms with E-state index in [1.807, 2.05) is 6.26 Å². The van der Waals surface area contributed by atoms with Crippen LogP contribution in [0.2, 0.25) is 0 Å². The molecule has 0 amide bonds. The first-order chi connectivity index (χ1) is 17.6. The van der Waals surface area contributed by atoms with E-state index in [9.17, 15) is 21.6 Å². The van der Waals surface area contributed by atoms with Gasteiger partial charge in [-0.15, -0.1) is 11.8 Å². The average Bonchev–Trinajstić information content (AvgIpc) is 3.72. The molecule has 1 atom stereocenters. The van der Waals surface area contributed by atoms with Crippen LogP contribution in [0.25, 0.3) is 0 Å². The largest absolute Gasteiger partial charge is 0.433 e. The van der Waals surface area contributed by atoms with Crippen LogP contribution in [-0.4, -0.2) is 34.5 Å². The fourth-order valence-corrected chi connectivity index (χ4v) is 5.86. The summed E-state index contributed by atoms with van der Waals surface area (Å²) >= 11 is 1.51. The number of ether oxygens (including phenoxy) is 1. The molecule has 9 heteroatoms. The van der Waals surface area contributed by atoms with E-state index >= 15 is 0 Å². The highest BCUT2D eigenvalue weighted by molar-refractivity contribution is 7.98. The van der Waals surface area contributed by atoms with Gasteiger partial charge in [-0.2, -0.15) is 13.2 Å². The lowest BCUT2D eigenvalue weighted by atomic mass is 9.92. The molecule has 0 N–H and O–H groups in total. The van der Waals surface area contributed by atoms with Gasteiger partial charge in [-0.25, -0.2) is 8.42 Å². The van der Waals surface area contributed by atoms with Gasteiger partial charge in [-0.05, 0) is 79.5 Å². The predicted octanol–water partition coefficient (Wildman–Crippen LogP) is 6.47. The van der Waals surface area contributed by atoms with Gasteiger partial charge >= 0.3 is 6.18 Å². The molecule has 0 spiro atoms. The molecule has 1 fully saturated rings. The van der Waals surface area contributed by atoms with Crippen LogP contribution < -0.4 is 4.31 Å². The highest BCUT2D eigenvalue weighted by Crippen LogP contribution is 2.43. The first-order valence-corrected chi connectivity index (χ1v) is 14.2. The molecule has 1 saturated carbocycles. The van der Waals surface area contributed by atoms with E-state index in [2.05, 4.69) is 11.8 Å². The van der Waals surface area contributed by atoms with Crippen LogP contribution in [0.1, 0.15) is 24.0 Å². The fraction of sp³-hybridized carbons (Fsp3) is 0.286. The number of methoxy groups -OCH3 is 1. The van der Waals surface area contributed by atoms with Crippen LogP contribution in [0.4, 0.5) is 18.9 Å². The number of halogens is 3. The number of sulfonamides is 1. The smallest absolute Gasteiger partial charge is 0.354 e. The lowest BCUT2D eigenvalue weighted by Gasteiger charge is -2.31. The van der Waals surface area contributed by atoms with E-state index < -0.39 is 21.8 Å². The molecule has 0 aromatic heterocycles. The van der Waals surface area contributed by atoms with Crippen molar-refractivity contribution in [1.82, 2.24) is 0 Å². The molecule has 0 radical (unpaired) electrons. The van der Waals surface area contributed by atoms with Crippen molar-refractivity contribution >= 4 is 27.5 Å². The number of benzene rings is 3. The van der Waals surface area contributed by atoms with Gasteiger partial charge in [0.2, 0.25) is 0 Å². The molecule has 3 aromatic carbocycles. The summed E-state index contributed by atoms with van der Waals surface area (Å²) in [6, 6.07) is 20.1. The van der Waals surface area contributed by atoms with Crippen LogP contribution in [0.5, 0.6) is 0 Å². The van der Waals surface area contributed by atoms with Gasteiger partial charge in [0.25, 0.3) is 15.6 Å². The number of rotatable bonds is 8. The zero-order chi connectivity index (χ0) is 26.7.